The van der Waals surface area contributed by atoms with E-state index >= 15 is 0 Å². The molecule has 0 radical (unpaired) electrons. The summed E-state index contributed by atoms with van der Waals surface area (Å²) in [5, 5.41) is 3.79. The van der Waals surface area contributed by atoms with E-state index in [1.807, 2.05) is 6.07 Å². The van der Waals surface area contributed by atoms with E-state index in [4.69, 9.17) is 11.6 Å². The van der Waals surface area contributed by atoms with Crippen molar-refractivity contribution in [2.75, 3.05) is 13.1 Å². The number of nitrogens with one attached hydrogen (secondary N) is 1. The van der Waals surface area contributed by atoms with Crippen molar-refractivity contribution in [3.63, 3.8) is 0 Å². The topological polar surface area (TPSA) is 15.3 Å². The van der Waals surface area contributed by atoms with Crippen molar-refractivity contribution in [3.8, 4) is 0 Å². The van der Waals surface area contributed by atoms with E-state index in [0.717, 1.165) is 25.2 Å². The Morgan fingerprint density at radius 2 is 2.26 bits per heavy atom. The monoisotopic (exact) mass is 284 g/mol. The van der Waals surface area contributed by atoms with Crippen molar-refractivity contribution in [2.45, 2.75) is 45.3 Å². The van der Waals surface area contributed by atoms with E-state index in [1.54, 1.807) is 6.07 Å². The summed E-state index contributed by atoms with van der Waals surface area (Å²) in [4.78, 5) is 2.44. The van der Waals surface area contributed by atoms with Gasteiger partial charge >= 0.3 is 0 Å². The zero-order valence-electron chi connectivity index (χ0n) is 11.6. The maximum absolute atomic E-state index is 13.2. The molecule has 1 saturated heterocycles. The predicted octanol–water partition coefficient (Wildman–Crippen LogP) is 3.44. The van der Waals surface area contributed by atoms with E-state index < -0.39 is 0 Å². The number of nitrogens with zero attached hydrogens (tertiary/aromatic N) is 1. The third-order valence-electron chi connectivity index (χ3n) is 3.79. The zero-order chi connectivity index (χ0) is 13.8. The Morgan fingerprint density at radius 1 is 1.47 bits per heavy atom. The molecule has 2 unspecified atom stereocenters. The Balaban J connectivity index is 2.01. The van der Waals surface area contributed by atoms with Gasteiger partial charge in [0.25, 0.3) is 0 Å². The molecular weight excluding hydrogens is 263 g/mol. The maximum Gasteiger partial charge on any atom is 0.141 e. The fraction of sp³-hybridized carbons (Fsp3) is 0.600. The average Bonchev–Trinajstić information content (AvgIpc) is 2.38. The largest absolute Gasteiger partial charge is 0.311 e. The fourth-order valence-corrected chi connectivity index (χ4v) is 2.83. The Morgan fingerprint density at radius 3 is 2.95 bits per heavy atom. The quantitative estimate of drug-likeness (QED) is 0.911. The molecule has 1 N–H and O–H groups in total. The molecule has 1 fully saturated rings. The third kappa shape index (κ3) is 3.91. The van der Waals surface area contributed by atoms with Crippen LogP contribution in [0.15, 0.2) is 18.2 Å². The van der Waals surface area contributed by atoms with Gasteiger partial charge in [0, 0.05) is 31.7 Å². The molecule has 0 amide bonds. The molecule has 1 aromatic rings. The van der Waals surface area contributed by atoms with Gasteiger partial charge in [-0.1, -0.05) is 31.0 Å². The van der Waals surface area contributed by atoms with Crippen molar-refractivity contribution in [1.82, 2.24) is 10.2 Å². The molecule has 0 aromatic heterocycles. The molecule has 0 spiro atoms. The molecule has 0 aliphatic carbocycles. The number of halogens is 2. The Hall–Kier alpha value is -0.640. The molecule has 19 heavy (non-hydrogen) atoms. The van der Waals surface area contributed by atoms with Crippen LogP contribution in [0.5, 0.6) is 0 Å². The first kappa shape index (κ1) is 14.8. The molecule has 1 aliphatic rings. The Labute approximate surface area is 119 Å². The standard InChI is InChI=1S/C15H22ClFN2/c1-3-4-13-10-19(11(2)8-18-13)9-12-5-6-15(17)14(16)7-12/h5-7,11,13,18H,3-4,8-10H2,1-2H3. The molecule has 1 aromatic carbocycles. The molecule has 4 heteroatoms. The molecule has 2 rings (SSSR count). The van der Waals surface area contributed by atoms with Gasteiger partial charge in [-0.25, -0.2) is 4.39 Å². The first-order valence-corrected chi connectivity index (χ1v) is 7.39. The maximum atomic E-state index is 13.2. The second-order valence-corrected chi connectivity index (χ2v) is 5.83. The highest BCUT2D eigenvalue weighted by Crippen LogP contribution is 2.19. The highest BCUT2D eigenvalue weighted by Gasteiger charge is 2.24. The third-order valence-corrected chi connectivity index (χ3v) is 4.08. The Kier molecular flexibility index (Phi) is 5.20. The minimum atomic E-state index is -0.345. The smallest absolute Gasteiger partial charge is 0.141 e. The van der Waals surface area contributed by atoms with Gasteiger partial charge in [0.15, 0.2) is 0 Å². The van der Waals surface area contributed by atoms with Gasteiger partial charge in [-0.05, 0) is 31.0 Å². The predicted molar refractivity (Wildman–Crippen MR) is 78.0 cm³/mol. The van der Waals surface area contributed by atoms with Crippen LogP contribution >= 0.6 is 11.6 Å². The molecule has 0 saturated carbocycles. The van der Waals surface area contributed by atoms with Gasteiger partial charge in [-0.2, -0.15) is 0 Å². The van der Waals surface area contributed by atoms with Gasteiger partial charge in [-0.15, -0.1) is 0 Å². The molecule has 106 valence electrons. The minimum absolute atomic E-state index is 0.213. The number of benzene rings is 1. The van der Waals surface area contributed by atoms with E-state index in [2.05, 4.69) is 24.1 Å². The molecule has 1 aliphatic heterocycles. The number of piperazine rings is 1. The summed E-state index contributed by atoms with van der Waals surface area (Å²) in [7, 11) is 0. The summed E-state index contributed by atoms with van der Waals surface area (Å²) >= 11 is 5.84. The van der Waals surface area contributed by atoms with Crippen LogP contribution in [0, 0.1) is 5.82 Å². The van der Waals surface area contributed by atoms with Crippen LogP contribution in [0.4, 0.5) is 4.39 Å². The van der Waals surface area contributed by atoms with Crippen LogP contribution in [0.2, 0.25) is 5.02 Å². The lowest BCUT2D eigenvalue weighted by Crippen LogP contribution is -2.54. The number of rotatable bonds is 4. The summed E-state index contributed by atoms with van der Waals surface area (Å²) in [6, 6.07) is 6.08. The summed E-state index contributed by atoms with van der Waals surface area (Å²) in [6.45, 7) is 7.33. The van der Waals surface area contributed by atoms with Gasteiger partial charge in [-0.3, -0.25) is 4.90 Å². The fourth-order valence-electron chi connectivity index (χ4n) is 2.63. The number of hydrogen-bond donors (Lipinski definition) is 1. The highest BCUT2D eigenvalue weighted by molar-refractivity contribution is 6.30. The van der Waals surface area contributed by atoms with Crippen LogP contribution in [0.25, 0.3) is 0 Å². The van der Waals surface area contributed by atoms with Gasteiger partial charge < -0.3 is 5.32 Å². The highest BCUT2D eigenvalue weighted by atomic mass is 35.5. The van der Waals surface area contributed by atoms with E-state index in [9.17, 15) is 4.39 Å². The molecule has 1 heterocycles. The normalized spacial score (nSPS) is 24.6. The van der Waals surface area contributed by atoms with Crippen molar-refractivity contribution in [1.29, 1.82) is 0 Å². The lowest BCUT2D eigenvalue weighted by atomic mass is 10.0. The van der Waals surface area contributed by atoms with Gasteiger partial charge in [0.2, 0.25) is 0 Å². The lowest BCUT2D eigenvalue weighted by molar-refractivity contribution is 0.129. The average molecular weight is 285 g/mol. The van der Waals surface area contributed by atoms with Gasteiger partial charge in [0.05, 0.1) is 5.02 Å². The summed E-state index contributed by atoms with van der Waals surface area (Å²) in [6.07, 6.45) is 2.40. The minimum Gasteiger partial charge on any atom is -0.311 e. The summed E-state index contributed by atoms with van der Waals surface area (Å²) in [5.41, 5.74) is 1.08. The van der Waals surface area contributed by atoms with Crippen LogP contribution in [-0.4, -0.2) is 30.1 Å². The van der Waals surface area contributed by atoms with Crippen molar-refractivity contribution in [3.05, 3.63) is 34.6 Å². The first-order valence-electron chi connectivity index (χ1n) is 7.01. The Bertz CT molecular complexity index is 425. The molecule has 2 atom stereocenters. The number of hydrogen-bond acceptors (Lipinski definition) is 2. The van der Waals surface area contributed by atoms with Crippen LogP contribution in [0.1, 0.15) is 32.3 Å². The van der Waals surface area contributed by atoms with Crippen molar-refractivity contribution >= 4 is 11.6 Å². The second kappa shape index (κ2) is 6.69. The SMILES string of the molecule is CCCC1CN(Cc2ccc(F)c(Cl)c2)C(C)CN1. The molecular formula is C15H22ClFN2. The lowest BCUT2D eigenvalue weighted by Gasteiger charge is -2.39. The van der Waals surface area contributed by atoms with Crippen LogP contribution in [0.3, 0.4) is 0 Å². The van der Waals surface area contributed by atoms with Crippen LogP contribution in [-0.2, 0) is 6.54 Å². The van der Waals surface area contributed by atoms with E-state index in [1.165, 1.54) is 18.9 Å². The van der Waals surface area contributed by atoms with Crippen molar-refractivity contribution < 1.29 is 4.39 Å². The summed E-state index contributed by atoms with van der Waals surface area (Å²) in [5.74, 6) is -0.345. The molecule has 0 bridgehead atoms. The molecule has 2 nitrogen and oxygen atoms in total. The second-order valence-electron chi connectivity index (χ2n) is 5.42. The van der Waals surface area contributed by atoms with E-state index in [0.29, 0.717) is 12.1 Å². The van der Waals surface area contributed by atoms with Gasteiger partial charge in [0.1, 0.15) is 5.82 Å². The van der Waals surface area contributed by atoms with Crippen LogP contribution < -0.4 is 5.32 Å². The zero-order valence-corrected chi connectivity index (χ0v) is 12.4. The van der Waals surface area contributed by atoms with Crippen molar-refractivity contribution in [2.24, 2.45) is 0 Å². The first-order chi connectivity index (χ1) is 9.10. The summed E-state index contributed by atoms with van der Waals surface area (Å²) < 4.78 is 13.2. The van der Waals surface area contributed by atoms with E-state index in [-0.39, 0.29) is 10.8 Å².